The van der Waals surface area contributed by atoms with Gasteiger partial charge in [0.25, 0.3) is 0 Å². The highest BCUT2D eigenvalue weighted by Crippen LogP contribution is 2.31. The smallest absolute Gasteiger partial charge is 0.243 e. The molecule has 0 atom stereocenters. The number of benzene rings is 1. The van der Waals surface area contributed by atoms with Crippen molar-refractivity contribution in [1.82, 2.24) is 0 Å². The van der Waals surface area contributed by atoms with Crippen LogP contribution in [-0.2, 0) is 4.79 Å². The number of anilines is 1. The molecular weight excluding hydrogens is 256 g/mol. The third kappa shape index (κ3) is 2.87. The molecule has 0 radical (unpaired) electrons. The Hall–Kier alpha value is -0.870. The number of nitrogens with one attached hydrogen (secondary N) is 1. The summed E-state index contributed by atoms with van der Waals surface area (Å²) in [6.45, 7) is 0. The number of primary amides is 1. The molecule has 1 heterocycles. The summed E-state index contributed by atoms with van der Waals surface area (Å²) >= 11 is 7.78. The summed E-state index contributed by atoms with van der Waals surface area (Å²) in [5, 5.41) is 3.91. The zero-order valence-corrected chi connectivity index (χ0v) is 11.0. The minimum atomic E-state index is -0.615. The highest BCUT2D eigenvalue weighted by Gasteiger charge is 2.37. The molecule has 2 rings (SSSR count). The normalized spacial score (nSPS) is 18.6. The third-order valence-electron chi connectivity index (χ3n) is 3.03. The molecule has 1 aromatic carbocycles. The van der Waals surface area contributed by atoms with Crippen molar-refractivity contribution in [1.29, 1.82) is 0 Å². The fraction of sp³-hybridized carbons (Fsp3) is 0.417. The van der Waals surface area contributed by atoms with Gasteiger partial charge in [0, 0.05) is 10.7 Å². The SMILES string of the molecule is NC(=O)C1(Nc2cccc(Cl)c2)CCSCC1. The van der Waals surface area contributed by atoms with Crippen LogP contribution in [0.15, 0.2) is 24.3 Å². The van der Waals surface area contributed by atoms with E-state index < -0.39 is 5.54 Å². The first-order valence-corrected chi connectivity index (χ1v) is 7.07. The molecule has 1 saturated heterocycles. The second-order valence-corrected chi connectivity index (χ2v) is 5.86. The summed E-state index contributed by atoms with van der Waals surface area (Å²) < 4.78 is 0. The van der Waals surface area contributed by atoms with Crippen LogP contribution in [0.2, 0.25) is 5.02 Å². The Bertz CT molecular complexity index is 419. The molecule has 0 unspecified atom stereocenters. The quantitative estimate of drug-likeness (QED) is 0.887. The number of hydrogen-bond acceptors (Lipinski definition) is 3. The molecule has 3 N–H and O–H groups in total. The zero-order chi connectivity index (χ0) is 12.3. The van der Waals surface area contributed by atoms with Crippen molar-refractivity contribution in [3.63, 3.8) is 0 Å². The first kappa shape index (κ1) is 12.6. The van der Waals surface area contributed by atoms with E-state index >= 15 is 0 Å². The number of halogens is 1. The summed E-state index contributed by atoms with van der Waals surface area (Å²) in [6.07, 6.45) is 1.53. The molecular formula is C12H15ClN2OS. The number of nitrogens with two attached hydrogens (primary N) is 1. The van der Waals surface area contributed by atoms with Crippen molar-refractivity contribution in [2.75, 3.05) is 16.8 Å². The number of amides is 1. The number of thioether (sulfide) groups is 1. The van der Waals surface area contributed by atoms with E-state index in [0.717, 1.165) is 30.0 Å². The first-order chi connectivity index (χ1) is 8.12. The Kier molecular flexibility index (Phi) is 3.84. The van der Waals surface area contributed by atoms with E-state index in [1.807, 2.05) is 30.0 Å². The zero-order valence-electron chi connectivity index (χ0n) is 9.41. The highest BCUT2D eigenvalue weighted by atomic mass is 35.5. The van der Waals surface area contributed by atoms with Crippen LogP contribution in [0, 0.1) is 0 Å². The van der Waals surface area contributed by atoms with Crippen molar-refractivity contribution < 1.29 is 4.79 Å². The van der Waals surface area contributed by atoms with Crippen LogP contribution in [0.4, 0.5) is 5.69 Å². The van der Waals surface area contributed by atoms with Crippen molar-refractivity contribution >= 4 is 35.0 Å². The van der Waals surface area contributed by atoms with Gasteiger partial charge in [-0.05, 0) is 42.5 Å². The summed E-state index contributed by atoms with van der Waals surface area (Å²) in [5.41, 5.74) is 5.78. The molecule has 1 aromatic rings. The van der Waals surface area contributed by atoms with Crippen LogP contribution in [0.5, 0.6) is 0 Å². The van der Waals surface area contributed by atoms with E-state index in [1.54, 1.807) is 6.07 Å². The predicted octanol–water partition coefficient (Wildman–Crippen LogP) is 2.50. The van der Waals surface area contributed by atoms with E-state index in [-0.39, 0.29) is 5.91 Å². The highest BCUT2D eigenvalue weighted by molar-refractivity contribution is 7.99. The summed E-state index contributed by atoms with van der Waals surface area (Å²) in [5.74, 6) is 1.63. The van der Waals surface area contributed by atoms with Gasteiger partial charge in [-0.2, -0.15) is 11.8 Å². The van der Waals surface area contributed by atoms with Crippen LogP contribution in [-0.4, -0.2) is 23.0 Å². The Morgan fingerprint density at radius 1 is 1.41 bits per heavy atom. The molecule has 0 bridgehead atoms. The minimum Gasteiger partial charge on any atom is -0.371 e. The van der Waals surface area contributed by atoms with Gasteiger partial charge in [0.05, 0.1) is 0 Å². The molecule has 1 amide bonds. The maximum atomic E-state index is 11.7. The van der Waals surface area contributed by atoms with Crippen LogP contribution >= 0.6 is 23.4 Å². The van der Waals surface area contributed by atoms with Gasteiger partial charge < -0.3 is 11.1 Å². The lowest BCUT2D eigenvalue weighted by Gasteiger charge is -2.35. The van der Waals surface area contributed by atoms with Gasteiger partial charge in [-0.3, -0.25) is 4.79 Å². The topological polar surface area (TPSA) is 55.1 Å². The van der Waals surface area contributed by atoms with Crippen molar-refractivity contribution in [3.8, 4) is 0 Å². The van der Waals surface area contributed by atoms with Crippen molar-refractivity contribution in [2.45, 2.75) is 18.4 Å². The molecule has 5 heteroatoms. The Morgan fingerprint density at radius 3 is 2.71 bits per heavy atom. The summed E-state index contributed by atoms with van der Waals surface area (Å²) in [4.78, 5) is 11.7. The largest absolute Gasteiger partial charge is 0.371 e. The van der Waals surface area contributed by atoms with E-state index in [1.165, 1.54) is 0 Å². The third-order valence-corrected chi connectivity index (χ3v) is 4.25. The van der Waals surface area contributed by atoms with Crippen molar-refractivity contribution in [2.24, 2.45) is 5.73 Å². The average molecular weight is 271 g/mol. The molecule has 1 aliphatic rings. The number of rotatable bonds is 3. The van der Waals surface area contributed by atoms with E-state index in [9.17, 15) is 4.79 Å². The first-order valence-electron chi connectivity index (χ1n) is 5.54. The van der Waals surface area contributed by atoms with Gasteiger partial charge in [0.1, 0.15) is 5.54 Å². The lowest BCUT2D eigenvalue weighted by Crippen LogP contribution is -2.52. The van der Waals surface area contributed by atoms with Gasteiger partial charge >= 0.3 is 0 Å². The van der Waals surface area contributed by atoms with E-state index in [2.05, 4.69) is 5.32 Å². The van der Waals surface area contributed by atoms with Gasteiger partial charge in [0.2, 0.25) is 5.91 Å². The lowest BCUT2D eigenvalue weighted by molar-refractivity contribution is -0.122. The summed E-state index contributed by atoms with van der Waals surface area (Å²) in [7, 11) is 0. The number of carbonyl (C=O) groups is 1. The van der Waals surface area contributed by atoms with Crippen LogP contribution in [0.3, 0.4) is 0 Å². The second kappa shape index (κ2) is 5.19. The maximum absolute atomic E-state index is 11.7. The molecule has 0 saturated carbocycles. The van der Waals surface area contributed by atoms with Gasteiger partial charge in [-0.1, -0.05) is 17.7 Å². The van der Waals surface area contributed by atoms with Gasteiger partial charge in [-0.25, -0.2) is 0 Å². The molecule has 17 heavy (non-hydrogen) atoms. The van der Waals surface area contributed by atoms with Gasteiger partial charge in [-0.15, -0.1) is 0 Å². The molecule has 0 aliphatic carbocycles. The molecule has 1 fully saturated rings. The van der Waals surface area contributed by atoms with Crippen molar-refractivity contribution in [3.05, 3.63) is 29.3 Å². The van der Waals surface area contributed by atoms with Crippen LogP contribution < -0.4 is 11.1 Å². The Morgan fingerprint density at radius 2 is 2.12 bits per heavy atom. The Balaban J connectivity index is 2.20. The Labute approximate surface area is 110 Å². The molecule has 3 nitrogen and oxygen atoms in total. The monoisotopic (exact) mass is 270 g/mol. The van der Waals surface area contributed by atoms with E-state index in [4.69, 9.17) is 17.3 Å². The van der Waals surface area contributed by atoms with Crippen LogP contribution in [0.25, 0.3) is 0 Å². The molecule has 1 aliphatic heterocycles. The molecule has 0 spiro atoms. The fourth-order valence-electron chi connectivity index (χ4n) is 2.00. The standard InChI is InChI=1S/C12H15ClN2OS/c13-9-2-1-3-10(8-9)15-12(11(14)16)4-6-17-7-5-12/h1-3,8,15H,4-7H2,(H2,14,16). The predicted molar refractivity (Wildman–Crippen MR) is 73.6 cm³/mol. The van der Waals surface area contributed by atoms with Gasteiger partial charge in [0.15, 0.2) is 0 Å². The summed E-state index contributed by atoms with van der Waals surface area (Å²) in [6, 6.07) is 7.38. The maximum Gasteiger partial charge on any atom is 0.243 e. The minimum absolute atomic E-state index is 0.280. The second-order valence-electron chi connectivity index (χ2n) is 4.19. The fourth-order valence-corrected chi connectivity index (χ4v) is 3.38. The molecule has 92 valence electrons. The number of hydrogen-bond donors (Lipinski definition) is 2. The number of carbonyl (C=O) groups excluding carboxylic acids is 1. The van der Waals surface area contributed by atoms with Crippen LogP contribution in [0.1, 0.15) is 12.8 Å². The average Bonchev–Trinajstić information content (AvgIpc) is 2.30. The molecule has 0 aromatic heterocycles. The van der Waals surface area contributed by atoms with E-state index in [0.29, 0.717) is 5.02 Å². The lowest BCUT2D eigenvalue weighted by atomic mass is 9.91.